The third-order valence-corrected chi connectivity index (χ3v) is 2.55. The highest BCUT2D eigenvalue weighted by Crippen LogP contribution is 2.09. The van der Waals surface area contributed by atoms with Gasteiger partial charge in [-0.2, -0.15) is 4.98 Å². The Bertz CT molecular complexity index is 300. The minimum Gasteiger partial charge on any atom is -0.370 e. The largest absolute Gasteiger partial charge is 0.370 e. The molecule has 1 aromatic rings. The standard InChI is InChI=1S/C10H17N3O2.ClH/c1-2-10-12-9(13-15-10)7-14-8-3-5-11-6-4-8;/h8,11H,2-7H2,1H3;1H. The maximum absolute atomic E-state index is 5.70. The average molecular weight is 248 g/mol. The molecule has 2 heterocycles. The SMILES string of the molecule is CCc1nc(COC2CCNCC2)no1.Cl. The molecule has 0 unspecified atom stereocenters. The number of piperidine rings is 1. The van der Waals surface area contributed by atoms with E-state index < -0.39 is 0 Å². The van der Waals surface area contributed by atoms with E-state index in [-0.39, 0.29) is 12.4 Å². The molecule has 1 N–H and O–H groups in total. The van der Waals surface area contributed by atoms with E-state index in [0.29, 0.717) is 24.4 Å². The predicted octanol–water partition coefficient (Wildman–Crippen LogP) is 1.32. The molecule has 5 nitrogen and oxygen atoms in total. The van der Waals surface area contributed by atoms with Crippen LogP contribution in [0, 0.1) is 0 Å². The second-order valence-corrected chi connectivity index (χ2v) is 3.72. The van der Waals surface area contributed by atoms with Gasteiger partial charge in [0, 0.05) is 6.42 Å². The van der Waals surface area contributed by atoms with Crippen molar-refractivity contribution in [2.75, 3.05) is 13.1 Å². The second-order valence-electron chi connectivity index (χ2n) is 3.72. The molecule has 1 saturated heterocycles. The molecule has 1 aliphatic heterocycles. The first-order chi connectivity index (χ1) is 7.38. The first-order valence-electron chi connectivity index (χ1n) is 5.52. The van der Waals surface area contributed by atoms with Gasteiger partial charge in [0.2, 0.25) is 5.89 Å². The Balaban J connectivity index is 0.00000128. The van der Waals surface area contributed by atoms with Crippen molar-refractivity contribution in [2.24, 2.45) is 0 Å². The average Bonchev–Trinajstić information content (AvgIpc) is 2.76. The van der Waals surface area contributed by atoms with Crippen molar-refractivity contribution in [3.8, 4) is 0 Å². The fraction of sp³-hybridized carbons (Fsp3) is 0.800. The van der Waals surface area contributed by atoms with Crippen molar-refractivity contribution >= 4 is 12.4 Å². The summed E-state index contributed by atoms with van der Waals surface area (Å²) in [4.78, 5) is 4.19. The van der Waals surface area contributed by atoms with Crippen LogP contribution in [0.15, 0.2) is 4.52 Å². The van der Waals surface area contributed by atoms with Gasteiger partial charge in [-0.3, -0.25) is 0 Å². The van der Waals surface area contributed by atoms with Crippen molar-refractivity contribution in [1.29, 1.82) is 0 Å². The highest BCUT2D eigenvalue weighted by atomic mass is 35.5. The third-order valence-electron chi connectivity index (χ3n) is 2.55. The Morgan fingerprint density at radius 1 is 1.44 bits per heavy atom. The summed E-state index contributed by atoms with van der Waals surface area (Å²) in [5.41, 5.74) is 0. The van der Waals surface area contributed by atoms with Crippen LogP contribution in [0.4, 0.5) is 0 Å². The van der Waals surface area contributed by atoms with Crippen LogP contribution >= 0.6 is 12.4 Å². The van der Waals surface area contributed by atoms with Crippen molar-refractivity contribution in [3.63, 3.8) is 0 Å². The Morgan fingerprint density at radius 3 is 2.81 bits per heavy atom. The maximum Gasteiger partial charge on any atom is 0.226 e. The number of aromatic nitrogens is 2. The summed E-state index contributed by atoms with van der Waals surface area (Å²) in [6.45, 7) is 4.54. The minimum atomic E-state index is 0. The summed E-state index contributed by atoms with van der Waals surface area (Å²) in [6.07, 6.45) is 3.26. The summed E-state index contributed by atoms with van der Waals surface area (Å²) < 4.78 is 10.7. The van der Waals surface area contributed by atoms with Crippen LogP contribution in [0.1, 0.15) is 31.5 Å². The van der Waals surface area contributed by atoms with Gasteiger partial charge < -0.3 is 14.6 Å². The number of hydrogen-bond donors (Lipinski definition) is 1. The lowest BCUT2D eigenvalue weighted by Gasteiger charge is -2.22. The summed E-state index contributed by atoms with van der Waals surface area (Å²) in [5.74, 6) is 1.34. The molecule has 1 aromatic heterocycles. The van der Waals surface area contributed by atoms with Crippen LogP contribution in [0.3, 0.4) is 0 Å². The molecule has 6 heteroatoms. The lowest BCUT2D eigenvalue weighted by molar-refractivity contribution is 0.0170. The van der Waals surface area contributed by atoms with Gasteiger partial charge in [0.25, 0.3) is 0 Å². The van der Waals surface area contributed by atoms with E-state index in [9.17, 15) is 0 Å². The Hall–Kier alpha value is -0.650. The predicted molar refractivity (Wildman–Crippen MR) is 61.6 cm³/mol. The van der Waals surface area contributed by atoms with Crippen LogP contribution < -0.4 is 5.32 Å². The summed E-state index contributed by atoms with van der Waals surface area (Å²) in [5, 5.41) is 7.14. The zero-order valence-corrected chi connectivity index (χ0v) is 10.3. The van der Waals surface area contributed by atoms with E-state index in [2.05, 4.69) is 15.5 Å². The van der Waals surface area contributed by atoms with E-state index in [4.69, 9.17) is 9.26 Å². The molecule has 0 amide bonds. The summed E-state index contributed by atoms with van der Waals surface area (Å²) in [7, 11) is 0. The lowest BCUT2D eigenvalue weighted by Crippen LogP contribution is -2.32. The second kappa shape index (κ2) is 6.83. The normalized spacial score (nSPS) is 17.1. The van der Waals surface area contributed by atoms with E-state index in [0.717, 1.165) is 32.4 Å². The fourth-order valence-electron chi connectivity index (χ4n) is 1.65. The topological polar surface area (TPSA) is 60.2 Å². The van der Waals surface area contributed by atoms with Gasteiger partial charge in [-0.15, -0.1) is 12.4 Å². The number of rotatable bonds is 4. The smallest absolute Gasteiger partial charge is 0.226 e. The highest BCUT2D eigenvalue weighted by Gasteiger charge is 2.14. The maximum atomic E-state index is 5.70. The van der Waals surface area contributed by atoms with Crippen molar-refractivity contribution in [2.45, 2.75) is 38.9 Å². The quantitative estimate of drug-likeness (QED) is 0.870. The highest BCUT2D eigenvalue weighted by molar-refractivity contribution is 5.85. The van der Waals surface area contributed by atoms with Crippen LogP contribution in [-0.4, -0.2) is 29.3 Å². The van der Waals surface area contributed by atoms with E-state index in [1.54, 1.807) is 0 Å². The van der Waals surface area contributed by atoms with E-state index in [1.807, 2.05) is 6.92 Å². The molecular weight excluding hydrogens is 230 g/mol. The summed E-state index contributed by atoms with van der Waals surface area (Å²) in [6, 6.07) is 0. The van der Waals surface area contributed by atoms with Gasteiger partial charge in [-0.1, -0.05) is 12.1 Å². The van der Waals surface area contributed by atoms with Gasteiger partial charge in [-0.25, -0.2) is 0 Å². The number of nitrogens with zero attached hydrogens (tertiary/aromatic N) is 2. The monoisotopic (exact) mass is 247 g/mol. The van der Waals surface area contributed by atoms with E-state index >= 15 is 0 Å². The minimum absolute atomic E-state index is 0. The fourth-order valence-corrected chi connectivity index (χ4v) is 1.65. The number of nitrogens with one attached hydrogen (secondary N) is 1. The first kappa shape index (κ1) is 13.4. The Kier molecular flexibility index (Phi) is 5.73. The summed E-state index contributed by atoms with van der Waals surface area (Å²) >= 11 is 0. The number of hydrogen-bond acceptors (Lipinski definition) is 5. The molecule has 92 valence electrons. The Morgan fingerprint density at radius 2 is 2.19 bits per heavy atom. The molecule has 16 heavy (non-hydrogen) atoms. The molecule has 0 spiro atoms. The Labute approximate surface area is 101 Å². The molecule has 0 bridgehead atoms. The van der Waals surface area contributed by atoms with Crippen LogP contribution in [0.2, 0.25) is 0 Å². The number of aryl methyl sites for hydroxylation is 1. The van der Waals surface area contributed by atoms with E-state index in [1.165, 1.54) is 0 Å². The molecule has 2 rings (SSSR count). The molecular formula is C10H18ClN3O2. The third kappa shape index (κ3) is 3.73. The van der Waals surface area contributed by atoms with Gasteiger partial charge >= 0.3 is 0 Å². The molecule has 0 saturated carbocycles. The molecule has 1 aliphatic rings. The molecule has 0 atom stereocenters. The lowest BCUT2D eigenvalue weighted by atomic mass is 10.1. The first-order valence-corrected chi connectivity index (χ1v) is 5.52. The van der Waals surface area contributed by atoms with Gasteiger partial charge in [0.15, 0.2) is 5.82 Å². The van der Waals surface area contributed by atoms with Gasteiger partial charge in [-0.05, 0) is 25.9 Å². The molecule has 0 radical (unpaired) electrons. The number of ether oxygens (including phenoxy) is 1. The van der Waals surface area contributed by atoms with Crippen LogP contribution in [0.25, 0.3) is 0 Å². The zero-order chi connectivity index (χ0) is 10.5. The van der Waals surface area contributed by atoms with Gasteiger partial charge in [0.05, 0.1) is 6.10 Å². The van der Waals surface area contributed by atoms with Crippen molar-refractivity contribution in [1.82, 2.24) is 15.5 Å². The van der Waals surface area contributed by atoms with Crippen molar-refractivity contribution in [3.05, 3.63) is 11.7 Å². The van der Waals surface area contributed by atoms with Gasteiger partial charge in [0.1, 0.15) is 6.61 Å². The van der Waals surface area contributed by atoms with Crippen LogP contribution in [0.5, 0.6) is 0 Å². The molecule has 0 aliphatic carbocycles. The van der Waals surface area contributed by atoms with Crippen molar-refractivity contribution < 1.29 is 9.26 Å². The molecule has 0 aromatic carbocycles. The number of halogens is 1. The zero-order valence-electron chi connectivity index (χ0n) is 9.44. The van der Waals surface area contributed by atoms with Crippen LogP contribution in [-0.2, 0) is 17.8 Å². The molecule has 1 fully saturated rings.